The second-order valence-corrected chi connectivity index (χ2v) is 12.4. The molecule has 0 aliphatic carbocycles. The second-order valence-electron chi connectivity index (χ2n) is 12.4. The highest BCUT2D eigenvalue weighted by molar-refractivity contribution is 5.81. The first kappa shape index (κ1) is 29.7. The molecule has 0 aliphatic rings. The van der Waals surface area contributed by atoms with Gasteiger partial charge in [-0.05, 0) is 104 Å². The van der Waals surface area contributed by atoms with Crippen LogP contribution in [0.1, 0.15) is 30.5 Å². The van der Waals surface area contributed by atoms with Gasteiger partial charge in [-0.1, -0.05) is 129 Å². The maximum atomic E-state index is 9.94. The van der Waals surface area contributed by atoms with Crippen molar-refractivity contribution in [1.82, 2.24) is 4.98 Å². The Hall–Kier alpha value is -6.04. The Morgan fingerprint density at radius 1 is 0.426 bits per heavy atom. The molecule has 47 heavy (non-hydrogen) atoms. The third-order valence-electron chi connectivity index (χ3n) is 9.05. The van der Waals surface area contributed by atoms with Gasteiger partial charge in [-0.25, -0.2) is 0 Å². The molecule has 0 radical (unpaired) electrons. The molecule has 7 aromatic rings. The molecule has 2 heteroatoms. The minimum atomic E-state index is -0.0767. The van der Waals surface area contributed by atoms with Crippen LogP contribution in [0.5, 0.6) is 0 Å². The van der Waals surface area contributed by atoms with Gasteiger partial charge >= 0.3 is 0 Å². The van der Waals surface area contributed by atoms with Gasteiger partial charge in [-0.2, -0.15) is 5.26 Å². The first-order valence-corrected chi connectivity index (χ1v) is 15.9. The number of aromatic nitrogens is 1. The highest BCUT2D eigenvalue weighted by atomic mass is 14.7. The molecule has 0 atom stereocenters. The Morgan fingerprint density at radius 2 is 0.894 bits per heavy atom. The van der Waals surface area contributed by atoms with E-state index in [1.165, 1.54) is 22.3 Å². The molecule has 7 rings (SSSR count). The molecule has 0 saturated carbocycles. The summed E-state index contributed by atoms with van der Waals surface area (Å²) in [4.78, 5) is 4.52. The molecule has 0 fully saturated rings. The zero-order chi connectivity index (χ0) is 32.2. The van der Waals surface area contributed by atoms with Crippen molar-refractivity contribution in [2.75, 3.05) is 0 Å². The number of nitriles is 1. The average molecular weight is 603 g/mol. The summed E-state index contributed by atoms with van der Waals surface area (Å²) in [5.74, 6) is 0. The smallest absolute Gasteiger partial charge is 0.0992 e. The van der Waals surface area contributed by atoms with Crippen molar-refractivity contribution >= 4 is 0 Å². The molecule has 0 bridgehead atoms. The van der Waals surface area contributed by atoms with Crippen molar-refractivity contribution in [3.63, 3.8) is 0 Å². The minimum Gasteiger partial charge on any atom is -0.256 e. The normalized spacial score (nSPS) is 11.2. The molecule has 0 N–H and O–H groups in total. The SMILES string of the molecule is CC(C)(c1ccccc1)c1ccc(-c2cccc(-c3cccc(-c4cc(C#N)cc(-c5cccc(-c6ccccn6)c5)c4)c3)c2)cc1. The number of hydrogen-bond acceptors (Lipinski definition) is 2. The summed E-state index contributed by atoms with van der Waals surface area (Å²) in [5.41, 5.74) is 13.9. The van der Waals surface area contributed by atoms with E-state index in [1.54, 1.807) is 0 Å². The van der Waals surface area contributed by atoms with Crippen LogP contribution in [0.25, 0.3) is 55.8 Å². The van der Waals surface area contributed by atoms with E-state index in [4.69, 9.17) is 0 Å². The third kappa shape index (κ3) is 6.25. The predicted octanol–water partition coefficient (Wildman–Crippen LogP) is 11.6. The Morgan fingerprint density at radius 3 is 1.45 bits per heavy atom. The molecule has 0 spiro atoms. The largest absolute Gasteiger partial charge is 0.256 e. The molecule has 0 saturated heterocycles. The lowest BCUT2D eigenvalue weighted by atomic mass is 9.78. The van der Waals surface area contributed by atoms with Crippen molar-refractivity contribution in [3.8, 4) is 61.8 Å². The van der Waals surface area contributed by atoms with Crippen LogP contribution >= 0.6 is 0 Å². The first-order chi connectivity index (χ1) is 23.0. The van der Waals surface area contributed by atoms with Gasteiger partial charge in [0.15, 0.2) is 0 Å². The van der Waals surface area contributed by atoms with Gasteiger partial charge in [-0.15, -0.1) is 0 Å². The van der Waals surface area contributed by atoms with Crippen LogP contribution in [0.3, 0.4) is 0 Å². The Balaban J connectivity index is 1.19. The van der Waals surface area contributed by atoms with Crippen LogP contribution in [-0.4, -0.2) is 4.98 Å². The van der Waals surface area contributed by atoms with Crippen LogP contribution in [-0.2, 0) is 5.41 Å². The quantitative estimate of drug-likeness (QED) is 0.182. The van der Waals surface area contributed by atoms with Crippen LogP contribution in [0, 0.1) is 11.3 Å². The van der Waals surface area contributed by atoms with E-state index < -0.39 is 0 Å². The van der Waals surface area contributed by atoms with Crippen LogP contribution in [0.15, 0.2) is 170 Å². The maximum Gasteiger partial charge on any atom is 0.0992 e. The molecular weight excluding hydrogens is 569 g/mol. The summed E-state index contributed by atoms with van der Waals surface area (Å²) in [6.07, 6.45) is 1.81. The minimum absolute atomic E-state index is 0.0767. The highest BCUT2D eigenvalue weighted by Gasteiger charge is 2.22. The fraction of sp³-hybridized carbons (Fsp3) is 0.0667. The summed E-state index contributed by atoms with van der Waals surface area (Å²) in [5, 5.41) is 9.94. The average Bonchev–Trinajstić information content (AvgIpc) is 3.15. The first-order valence-electron chi connectivity index (χ1n) is 15.9. The number of nitrogens with zero attached hydrogens (tertiary/aromatic N) is 2. The van der Waals surface area contributed by atoms with Gasteiger partial charge in [0.2, 0.25) is 0 Å². The van der Waals surface area contributed by atoms with E-state index >= 15 is 0 Å². The van der Waals surface area contributed by atoms with Crippen LogP contribution in [0.4, 0.5) is 0 Å². The zero-order valence-corrected chi connectivity index (χ0v) is 26.6. The van der Waals surface area contributed by atoms with E-state index in [1.807, 2.05) is 42.6 Å². The molecule has 6 aromatic carbocycles. The number of benzene rings is 6. The zero-order valence-electron chi connectivity index (χ0n) is 26.6. The fourth-order valence-electron chi connectivity index (χ4n) is 6.27. The van der Waals surface area contributed by atoms with E-state index in [2.05, 4.69) is 152 Å². The van der Waals surface area contributed by atoms with Crippen molar-refractivity contribution in [2.45, 2.75) is 19.3 Å². The second kappa shape index (κ2) is 12.8. The standard InChI is InChI=1S/C45H34N2/c1-45(2,42-17-4-3-5-18-42)43-22-20-33(21-23-43)34-11-8-12-35(27-34)36-13-9-14-37(28-36)40-25-32(31-46)26-41(30-40)38-15-10-16-39(29-38)44-19-6-7-24-47-44/h3-30H,1-2H3. The van der Waals surface area contributed by atoms with Gasteiger partial charge in [0.25, 0.3) is 0 Å². The topological polar surface area (TPSA) is 36.7 Å². The summed E-state index contributed by atoms with van der Waals surface area (Å²) < 4.78 is 0. The Labute approximate surface area is 277 Å². The molecule has 0 aliphatic heterocycles. The lowest BCUT2D eigenvalue weighted by Gasteiger charge is -2.26. The summed E-state index contributed by atoms with van der Waals surface area (Å²) >= 11 is 0. The summed E-state index contributed by atoms with van der Waals surface area (Å²) in [6.45, 7) is 4.55. The van der Waals surface area contributed by atoms with Gasteiger partial charge in [0.1, 0.15) is 0 Å². The molecule has 1 aromatic heterocycles. The van der Waals surface area contributed by atoms with Gasteiger partial charge in [-0.3, -0.25) is 4.98 Å². The van der Waals surface area contributed by atoms with Crippen LogP contribution < -0.4 is 0 Å². The molecule has 2 nitrogen and oxygen atoms in total. The highest BCUT2D eigenvalue weighted by Crippen LogP contribution is 2.35. The Bertz CT molecular complexity index is 2210. The lowest BCUT2D eigenvalue weighted by Crippen LogP contribution is -2.18. The van der Waals surface area contributed by atoms with Crippen molar-refractivity contribution in [3.05, 3.63) is 187 Å². The maximum absolute atomic E-state index is 9.94. The van der Waals surface area contributed by atoms with Gasteiger partial charge < -0.3 is 0 Å². The van der Waals surface area contributed by atoms with E-state index in [0.29, 0.717) is 5.56 Å². The fourth-order valence-corrected chi connectivity index (χ4v) is 6.27. The predicted molar refractivity (Wildman–Crippen MR) is 195 cm³/mol. The van der Waals surface area contributed by atoms with Crippen molar-refractivity contribution < 1.29 is 0 Å². The molecule has 224 valence electrons. The molecule has 0 amide bonds. The van der Waals surface area contributed by atoms with E-state index in [-0.39, 0.29) is 5.41 Å². The van der Waals surface area contributed by atoms with Gasteiger partial charge in [0, 0.05) is 17.2 Å². The van der Waals surface area contributed by atoms with Gasteiger partial charge in [0.05, 0.1) is 17.3 Å². The van der Waals surface area contributed by atoms with E-state index in [9.17, 15) is 5.26 Å². The van der Waals surface area contributed by atoms with Crippen LogP contribution in [0.2, 0.25) is 0 Å². The summed E-state index contributed by atoms with van der Waals surface area (Å²) in [7, 11) is 0. The number of pyridine rings is 1. The number of hydrogen-bond donors (Lipinski definition) is 0. The van der Waals surface area contributed by atoms with E-state index in [0.717, 1.165) is 44.6 Å². The molecule has 0 unspecified atom stereocenters. The summed E-state index contributed by atoms with van der Waals surface area (Å²) in [6, 6.07) is 59.7. The third-order valence-corrected chi connectivity index (χ3v) is 9.05. The molecular formula is C45H34N2. The van der Waals surface area contributed by atoms with Crippen molar-refractivity contribution in [2.24, 2.45) is 0 Å². The Kier molecular flexibility index (Phi) is 8.05. The lowest BCUT2D eigenvalue weighted by molar-refractivity contribution is 0.641. The number of rotatable bonds is 7. The molecule has 1 heterocycles. The van der Waals surface area contributed by atoms with Crippen molar-refractivity contribution in [1.29, 1.82) is 5.26 Å². The monoisotopic (exact) mass is 602 g/mol.